The molecule has 1 aliphatic heterocycles. The van der Waals surface area contributed by atoms with Crippen LogP contribution in [0, 0.1) is 0 Å². The van der Waals surface area contributed by atoms with Gasteiger partial charge in [-0.3, -0.25) is 4.90 Å². The van der Waals surface area contributed by atoms with Gasteiger partial charge in [0.2, 0.25) is 15.0 Å². The lowest BCUT2D eigenvalue weighted by Crippen LogP contribution is -2.31. The van der Waals surface area contributed by atoms with Gasteiger partial charge in [-0.1, -0.05) is 18.2 Å². The molecule has 3 heterocycles. The predicted molar refractivity (Wildman–Crippen MR) is 91.3 cm³/mol. The van der Waals surface area contributed by atoms with Crippen LogP contribution in [-0.4, -0.2) is 41.1 Å². The van der Waals surface area contributed by atoms with Crippen molar-refractivity contribution in [2.45, 2.75) is 24.7 Å². The molecule has 2 aromatic heterocycles. The average Bonchev–Trinajstić information content (AvgIpc) is 3.03. The van der Waals surface area contributed by atoms with Crippen molar-refractivity contribution < 1.29 is 8.42 Å². The van der Waals surface area contributed by atoms with E-state index in [0.29, 0.717) is 6.54 Å². The number of sulfone groups is 1. The second-order valence-corrected chi connectivity index (χ2v) is 8.13. The third-order valence-electron chi connectivity index (χ3n) is 4.40. The number of para-hydroxylation sites is 1. The lowest BCUT2D eigenvalue weighted by molar-refractivity contribution is 0.240. The lowest BCUT2D eigenvalue weighted by atomic mass is 10.1. The van der Waals surface area contributed by atoms with Crippen molar-refractivity contribution in [2.75, 3.05) is 12.8 Å². The fraction of sp³-hybridized carbons (Fsp3) is 0.294. The Morgan fingerprint density at radius 1 is 1.29 bits per heavy atom. The van der Waals surface area contributed by atoms with Crippen molar-refractivity contribution in [1.29, 1.82) is 0 Å². The highest BCUT2D eigenvalue weighted by Crippen LogP contribution is 2.23. The second kappa shape index (κ2) is 5.68. The molecule has 0 spiro atoms. The van der Waals surface area contributed by atoms with Gasteiger partial charge < -0.3 is 4.98 Å². The third-order valence-corrected chi connectivity index (χ3v) is 5.26. The minimum Gasteiger partial charge on any atom is -0.361 e. The van der Waals surface area contributed by atoms with Gasteiger partial charge in [0.25, 0.3) is 0 Å². The van der Waals surface area contributed by atoms with Crippen LogP contribution in [0.1, 0.15) is 16.8 Å². The Kier molecular flexibility index (Phi) is 3.62. The van der Waals surface area contributed by atoms with Crippen LogP contribution in [0.25, 0.3) is 10.9 Å². The van der Waals surface area contributed by atoms with Gasteiger partial charge in [0.05, 0.1) is 5.69 Å². The van der Waals surface area contributed by atoms with Crippen LogP contribution in [0.4, 0.5) is 0 Å². The molecular weight excluding hydrogens is 324 g/mol. The summed E-state index contributed by atoms with van der Waals surface area (Å²) >= 11 is 0. The molecule has 0 atom stereocenters. The van der Waals surface area contributed by atoms with Gasteiger partial charge in [-0.25, -0.2) is 18.4 Å². The number of hydrogen-bond donors (Lipinski definition) is 1. The molecule has 1 N–H and O–H groups in total. The maximum atomic E-state index is 11.7. The van der Waals surface area contributed by atoms with Crippen LogP contribution in [-0.2, 0) is 29.3 Å². The van der Waals surface area contributed by atoms with Crippen LogP contribution < -0.4 is 0 Å². The van der Waals surface area contributed by atoms with Crippen LogP contribution in [0.5, 0.6) is 0 Å². The number of nitrogens with one attached hydrogen (secondary N) is 1. The summed E-state index contributed by atoms with van der Waals surface area (Å²) in [4.78, 5) is 13.8. The topological polar surface area (TPSA) is 79.0 Å². The van der Waals surface area contributed by atoms with Gasteiger partial charge >= 0.3 is 0 Å². The largest absolute Gasteiger partial charge is 0.361 e. The molecule has 24 heavy (non-hydrogen) atoms. The molecule has 0 saturated carbocycles. The average molecular weight is 342 g/mol. The first kappa shape index (κ1) is 15.3. The zero-order chi connectivity index (χ0) is 16.7. The third kappa shape index (κ3) is 2.81. The molecule has 0 radical (unpaired) electrons. The molecule has 1 aliphatic rings. The Morgan fingerprint density at radius 2 is 2.17 bits per heavy atom. The summed E-state index contributed by atoms with van der Waals surface area (Å²) in [6, 6.07) is 8.34. The summed E-state index contributed by atoms with van der Waals surface area (Å²) in [5, 5.41) is 1.11. The van der Waals surface area contributed by atoms with E-state index in [1.807, 2.05) is 6.20 Å². The number of fused-ring (bicyclic) bond motifs is 2. The Labute approximate surface area is 140 Å². The van der Waals surface area contributed by atoms with E-state index < -0.39 is 9.84 Å². The Morgan fingerprint density at radius 3 is 3.00 bits per heavy atom. The Balaban J connectivity index is 1.61. The molecule has 1 aromatic carbocycles. The van der Waals surface area contributed by atoms with Crippen molar-refractivity contribution in [3.63, 3.8) is 0 Å². The molecule has 0 bridgehead atoms. The lowest BCUT2D eigenvalue weighted by Gasteiger charge is -2.28. The summed E-state index contributed by atoms with van der Waals surface area (Å²) in [7, 11) is -3.38. The quantitative estimate of drug-likeness (QED) is 0.736. The normalized spacial score (nSPS) is 15.5. The van der Waals surface area contributed by atoms with Gasteiger partial charge in [0.15, 0.2) is 0 Å². The van der Waals surface area contributed by atoms with E-state index in [2.05, 4.69) is 44.1 Å². The highest BCUT2D eigenvalue weighted by Gasteiger charge is 2.21. The highest BCUT2D eigenvalue weighted by molar-refractivity contribution is 7.90. The number of aromatic nitrogens is 3. The van der Waals surface area contributed by atoms with Crippen molar-refractivity contribution in [3.8, 4) is 0 Å². The van der Waals surface area contributed by atoms with Crippen molar-refractivity contribution in [2.24, 2.45) is 0 Å². The first-order valence-electron chi connectivity index (χ1n) is 7.83. The summed E-state index contributed by atoms with van der Waals surface area (Å²) in [5.74, 6) is 0. The summed E-state index contributed by atoms with van der Waals surface area (Å²) in [5.41, 5.74) is 4.24. The molecule has 6 nitrogen and oxygen atoms in total. The van der Waals surface area contributed by atoms with E-state index >= 15 is 0 Å². The fourth-order valence-corrected chi connectivity index (χ4v) is 3.70. The smallest absolute Gasteiger partial charge is 0.247 e. The standard InChI is InChI=1S/C17H18N4O2S/c1-24(22,23)17-19-9-13-6-8-21(11-15(13)20-17)10-14-4-2-3-12-5-7-18-16(12)14/h2-5,7,9,18H,6,8,10-11H2,1H3. The van der Waals surface area contributed by atoms with E-state index in [1.165, 1.54) is 10.9 Å². The molecule has 124 valence electrons. The van der Waals surface area contributed by atoms with Crippen LogP contribution >= 0.6 is 0 Å². The maximum Gasteiger partial charge on any atom is 0.247 e. The molecule has 7 heteroatoms. The number of rotatable bonds is 3. The number of H-pyrrole nitrogens is 1. The zero-order valence-electron chi connectivity index (χ0n) is 13.4. The van der Waals surface area contributed by atoms with E-state index in [-0.39, 0.29) is 5.16 Å². The molecule has 0 fully saturated rings. The molecule has 0 saturated heterocycles. The van der Waals surface area contributed by atoms with Gasteiger partial charge in [0, 0.05) is 43.8 Å². The van der Waals surface area contributed by atoms with Crippen LogP contribution in [0.3, 0.4) is 0 Å². The molecular formula is C17H18N4O2S. The monoisotopic (exact) mass is 342 g/mol. The zero-order valence-corrected chi connectivity index (χ0v) is 14.2. The number of benzene rings is 1. The SMILES string of the molecule is CS(=O)(=O)c1ncc2c(n1)CN(Cc1cccc3cc[nH]c13)CC2. The van der Waals surface area contributed by atoms with E-state index in [1.54, 1.807) is 6.20 Å². The summed E-state index contributed by atoms with van der Waals surface area (Å²) in [6.45, 7) is 2.35. The second-order valence-electron chi connectivity index (χ2n) is 6.22. The molecule has 0 unspecified atom stereocenters. The minimum atomic E-state index is -3.38. The van der Waals surface area contributed by atoms with Crippen molar-refractivity contribution in [3.05, 3.63) is 53.5 Å². The van der Waals surface area contributed by atoms with Gasteiger partial charge in [-0.2, -0.15) is 0 Å². The molecule has 0 aliphatic carbocycles. The molecule has 0 amide bonds. The predicted octanol–water partition coefficient (Wildman–Crippen LogP) is 1.92. The van der Waals surface area contributed by atoms with Crippen LogP contribution in [0.15, 0.2) is 41.8 Å². The van der Waals surface area contributed by atoms with Gasteiger partial charge in [-0.05, 0) is 29.0 Å². The first-order valence-corrected chi connectivity index (χ1v) is 9.72. The summed E-state index contributed by atoms with van der Waals surface area (Å²) < 4.78 is 23.3. The highest BCUT2D eigenvalue weighted by atomic mass is 32.2. The van der Waals surface area contributed by atoms with E-state index in [4.69, 9.17) is 0 Å². The Hall–Kier alpha value is -2.25. The fourth-order valence-electron chi connectivity index (χ4n) is 3.17. The van der Waals surface area contributed by atoms with E-state index in [9.17, 15) is 8.42 Å². The molecule has 3 aromatic rings. The minimum absolute atomic E-state index is 0.0884. The maximum absolute atomic E-state index is 11.7. The van der Waals surface area contributed by atoms with Crippen molar-refractivity contribution >= 4 is 20.7 Å². The number of nitrogens with zero attached hydrogens (tertiary/aromatic N) is 3. The Bertz CT molecular complexity index is 1010. The van der Waals surface area contributed by atoms with Gasteiger partial charge in [-0.15, -0.1) is 0 Å². The van der Waals surface area contributed by atoms with Gasteiger partial charge in [0.1, 0.15) is 0 Å². The number of aromatic amines is 1. The van der Waals surface area contributed by atoms with Crippen molar-refractivity contribution in [1.82, 2.24) is 19.9 Å². The number of hydrogen-bond acceptors (Lipinski definition) is 5. The van der Waals surface area contributed by atoms with Crippen LogP contribution in [0.2, 0.25) is 0 Å². The summed E-state index contributed by atoms with van der Waals surface area (Å²) in [6.07, 6.45) is 5.58. The first-order chi connectivity index (χ1) is 11.5. The van der Waals surface area contributed by atoms with E-state index in [0.717, 1.165) is 42.5 Å². The molecule has 4 rings (SSSR count).